The molecular weight excluding hydrogens is 348 g/mol. The molecule has 11 heteroatoms. The zero-order chi connectivity index (χ0) is 19.0. The van der Waals surface area contributed by atoms with Crippen LogP contribution in [0.2, 0.25) is 0 Å². The predicted octanol–water partition coefficient (Wildman–Crippen LogP) is 1.54. The van der Waals surface area contributed by atoms with E-state index in [4.69, 9.17) is 5.73 Å². The van der Waals surface area contributed by atoms with Crippen molar-refractivity contribution in [2.75, 3.05) is 5.32 Å². The van der Waals surface area contributed by atoms with Gasteiger partial charge in [0.05, 0.1) is 11.9 Å². The Balaban J connectivity index is 2.02. The number of alkyl halides is 2. The minimum atomic E-state index is -2.78. The third-order valence-electron chi connectivity index (χ3n) is 3.66. The van der Waals surface area contributed by atoms with E-state index in [1.165, 1.54) is 23.9 Å². The summed E-state index contributed by atoms with van der Waals surface area (Å²) in [4.78, 5) is 28.2. The summed E-state index contributed by atoms with van der Waals surface area (Å²) in [6.07, 6.45) is -0.191. The summed E-state index contributed by atoms with van der Waals surface area (Å²) in [5.41, 5.74) is 5.19. The van der Waals surface area contributed by atoms with E-state index < -0.39 is 18.2 Å². The molecule has 9 nitrogen and oxygen atoms in total. The molecule has 0 aliphatic rings. The topological polar surface area (TPSA) is 120 Å². The molecule has 3 aromatic heterocycles. The monoisotopic (exact) mass is 363 g/mol. The number of rotatable bonds is 5. The number of nitrogens with zero attached hydrogens (tertiary/aromatic N) is 5. The zero-order valence-electron chi connectivity index (χ0n) is 13.9. The van der Waals surface area contributed by atoms with Gasteiger partial charge < -0.3 is 11.1 Å². The smallest absolute Gasteiger partial charge is 0.280 e. The second kappa shape index (κ2) is 6.50. The molecular formula is C15H15F2N7O2. The van der Waals surface area contributed by atoms with Gasteiger partial charge in [0.2, 0.25) is 0 Å². The maximum Gasteiger partial charge on any atom is 0.280 e. The minimum absolute atomic E-state index is 0.0127. The maximum absolute atomic E-state index is 13.2. The number of carbonyl (C=O) groups is 2. The van der Waals surface area contributed by atoms with Crippen molar-refractivity contribution in [3.8, 4) is 0 Å². The predicted molar refractivity (Wildman–Crippen MR) is 87.1 cm³/mol. The fraction of sp³-hybridized carbons (Fsp3) is 0.267. The summed E-state index contributed by atoms with van der Waals surface area (Å²) in [5.74, 6) is -1.47. The Bertz CT molecular complexity index is 1010. The highest BCUT2D eigenvalue weighted by Gasteiger charge is 2.22. The number of halogens is 2. The van der Waals surface area contributed by atoms with Crippen LogP contribution in [0.4, 0.5) is 14.5 Å². The van der Waals surface area contributed by atoms with Crippen LogP contribution in [0, 0.1) is 6.92 Å². The Morgan fingerprint density at radius 2 is 2.12 bits per heavy atom. The number of primary amides is 1. The SMILES string of the molecule is CCn1cc(NC(=O)c2cnn3c(C(F)F)cc(C)nc23)c(C(N)=O)n1. The first kappa shape index (κ1) is 17.5. The molecule has 0 aliphatic carbocycles. The number of fused-ring (bicyclic) bond motifs is 1. The van der Waals surface area contributed by atoms with Crippen molar-refractivity contribution in [1.29, 1.82) is 0 Å². The van der Waals surface area contributed by atoms with Crippen LogP contribution in [0.1, 0.15) is 45.6 Å². The van der Waals surface area contributed by atoms with Crippen LogP contribution in [0.25, 0.3) is 5.65 Å². The molecule has 26 heavy (non-hydrogen) atoms. The van der Waals surface area contributed by atoms with E-state index in [0.29, 0.717) is 12.2 Å². The molecule has 3 heterocycles. The number of carbonyl (C=O) groups excluding carboxylic acids is 2. The van der Waals surface area contributed by atoms with Crippen molar-refractivity contribution in [2.24, 2.45) is 5.73 Å². The van der Waals surface area contributed by atoms with Crippen LogP contribution in [0.15, 0.2) is 18.5 Å². The highest BCUT2D eigenvalue weighted by atomic mass is 19.3. The van der Waals surface area contributed by atoms with Crippen molar-refractivity contribution in [2.45, 2.75) is 26.8 Å². The third-order valence-corrected chi connectivity index (χ3v) is 3.66. The number of anilines is 1. The van der Waals surface area contributed by atoms with Gasteiger partial charge in [-0.1, -0.05) is 0 Å². The normalized spacial score (nSPS) is 11.3. The fourth-order valence-electron chi connectivity index (χ4n) is 2.48. The summed E-state index contributed by atoms with van der Waals surface area (Å²) in [6, 6.07) is 1.20. The second-order valence-corrected chi connectivity index (χ2v) is 5.48. The molecule has 0 radical (unpaired) electrons. The summed E-state index contributed by atoms with van der Waals surface area (Å²) < 4.78 is 28.7. The maximum atomic E-state index is 13.2. The van der Waals surface area contributed by atoms with E-state index in [-0.39, 0.29) is 28.3 Å². The standard InChI is InChI=1S/C15H15F2N7O2/c1-3-23-6-9(11(22-23)13(18)25)21-15(26)8-5-19-24-10(12(16)17)4-7(2)20-14(8)24/h4-6,12H,3H2,1-2H3,(H2,18,25)(H,21,26). The first-order valence-electron chi connectivity index (χ1n) is 7.63. The highest BCUT2D eigenvalue weighted by Crippen LogP contribution is 2.22. The molecule has 3 aromatic rings. The van der Waals surface area contributed by atoms with Crippen LogP contribution in [-0.4, -0.2) is 36.2 Å². The van der Waals surface area contributed by atoms with Crippen LogP contribution in [0.5, 0.6) is 0 Å². The van der Waals surface area contributed by atoms with Crippen LogP contribution in [-0.2, 0) is 6.54 Å². The van der Waals surface area contributed by atoms with Crippen molar-refractivity contribution in [1.82, 2.24) is 24.4 Å². The van der Waals surface area contributed by atoms with Gasteiger partial charge in [-0.3, -0.25) is 14.3 Å². The lowest BCUT2D eigenvalue weighted by atomic mass is 10.2. The molecule has 0 saturated carbocycles. The average Bonchev–Trinajstić information content (AvgIpc) is 3.17. The number of nitrogens with two attached hydrogens (primary N) is 1. The Kier molecular flexibility index (Phi) is 4.36. The van der Waals surface area contributed by atoms with Gasteiger partial charge in [-0.15, -0.1) is 0 Å². The average molecular weight is 363 g/mol. The number of hydrogen-bond donors (Lipinski definition) is 2. The molecule has 3 N–H and O–H groups in total. The lowest BCUT2D eigenvalue weighted by Crippen LogP contribution is -2.18. The van der Waals surface area contributed by atoms with E-state index in [9.17, 15) is 18.4 Å². The van der Waals surface area contributed by atoms with Crippen LogP contribution >= 0.6 is 0 Å². The van der Waals surface area contributed by atoms with Crippen LogP contribution in [0.3, 0.4) is 0 Å². The highest BCUT2D eigenvalue weighted by molar-refractivity contribution is 6.10. The molecule has 3 rings (SSSR count). The third kappa shape index (κ3) is 2.98. The van der Waals surface area contributed by atoms with Crippen molar-refractivity contribution < 1.29 is 18.4 Å². The van der Waals surface area contributed by atoms with Gasteiger partial charge in [0.1, 0.15) is 11.3 Å². The first-order valence-corrected chi connectivity index (χ1v) is 7.63. The number of hydrogen-bond acceptors (Lipinski definition) is 5. The van der Waals surface area contributed by atoms with Gasteiger partial charge in [0.15, 0.2) is 11.3 Å². The molecule has 0 unspecified atom stereocenters. The van der Waals surface area contributed by atoms with Crippen molar-refractivity contribution in [3.05, 3.63) is 41.1 Å². The second-order valence-electron chi connectivity index (χ2n) is 5.48. The van der Waals surface area contributed by atoms with Crippen molar-refractivity contribution in [3.63, 3.8) is 0 Å². The van der Waals surface area contributed by atoms with Gasteiger partial charge in [-0.25, -0.2) is 18.3 Å². The molecule has 0 spiro atoms. The minimum Gasteiger partial charge on any atom is -0.364 e. The number of aromatic nitrogens is 5. The summed E-state index contributed by atoms with van der Waals surface area (Å²) >= 11 is 0. The molecule has 2 amide bonds. The van der Waals surface area contributed by atoms with E-state index >= 15 is 0 Å². The van der Waals surface area contributed by atoms with E-state index in [1.54, 1.807) is 6.92 Å². The summed E-state index contributed by atoms with van der Waals surface area (Å²) in [5, 5.41) is 10.3. The molecule has 136 valence electrons. The van der Waals surface area contributed by atoms with Crippen molar-refractivity contribution >= 4 is 23.1 Å². The molecule has 0 bridgehead atoms. The van der Waals surface area contributed by atoms with E-state index in [1.807, 2.05) is 0 Å². The van der Waals surface area contributed by atoms with Gasteiger partial charge in [0.25, 0.3) is 18.2 Å². The lowest BCUT2D eigenvalue weighted by molar-refractivity contribution is 0.0995. The fourth-order valence-corrected chi connectivity index (χ4v) is 2.48. The molecule has 0 saturated heterocycles. The van der Waals surface area contributed by atoms with Crippen LogP contribution < -0.4 is 11.1 Å². The van der Waals surface area contributed by atoms with Gasteiger partial charge in [-0.05, 0) is 19.9 Å². The van der Waals surface area contributed by atoms with E-state index in [2.05, 4.69) is 20.5 Å². The first-order chi connectivity index (χ1) is 12.3. The molecule has 0 aliphatic heterocycles. The summed E-state index contributed by atoms with van der Waals surface area (Å²) in [6.45, 7) is 3.80. The number of nitrogens with one attached hydrogen (secondary N) is 1. The van der Waals surface area contributed by atoms with Gasteiger partial charge in [0, 0.05) is 18.4 Å². The van der Waals surface area contributed by atoms with Gasteiger partial charge >= 0.3 is 0 Å². The largest absolute Gasteiger partial charge is 0.364 e. The van der Waals surface area contributed by atoms with E-state index in [0.717, 1.165) is 10.7 Å². The quantitative estimate of drug-likeness (QED) is 0.712. The Labute approximate surface area is 145 Å². The molecule has 0 aromatic carbocycles. The zero-order valence-corrected chi connectivity index (χ0v) is 13.9. The Morgan fingerprint density at radius 1 is 1.38 bits per heavy atom. The lowest BCUT2D eigenvalue weighted by Gasteiger charge is -2.06. The van der Waals surface area contributed by atoms with Gasteiger partial charge in [-0.2, -0.15) is 10.2 Å². The molecule has 0 atom stereocenters. The Morgan fingerprint density at radius 3 is 2.73 bits per heavy atom. The molecule has 0 fully saturated rings. The summed E-state index contributed by atoms with van der Waals surface area (Å²) in [7, 11) is 0. The number of aryl methyl sites for hydroxylation is 2. The Hall–Kier alpha value is -3.37. The number of amides is 2.